The van der Waals surface area contributed by atoms with Crippen molar-refractivity contribution in [3.05, 3.63) is 285 Å². The summed E-state index contributed by atoms with van der Waals surface area (Å²) in [6.07, 6.45) is 0. The van der Waals surface area contributed by atoms with E-state index >= 15 is 0 Å². The van der Waals surface area contributed by atoms with E-state index in [9.17, 15) is 0 Å². The first kappa shape index (κ1) is 45.3. The third-order valence-corrected chi connectivity index (χ3v) is 16.8. The van der Waals surface area contributed by atoms with Crippen LogP contribution in [0, 0.1) is 0 Å². The largest absolute Gasteiger partial charge is 0.458 e. The Bertz CT molecular complexity index is 4710. The summed E-state index contributed by atoms with van der Waals surface area (Å²) >= 11 is 0. The second kappa shape index (κ2) is 17.9. The van der Waals surface area contributed by atoms with Crippen LogP contribution in [-0.2, 0) is 0 Å². The number of hydrogen-bond acceptors (Lipinski definition) is 4. The van der Waals surface area contributed by atoms with Crippen molar-refractivity contribution in [2.45, 2.75) is 0 Å². The molecule has 0 N–H and O–H groups in total. The van der Waals surface area contributed by atoms with E-state index < -0.39 is 0 Å². The van der Waals surface area contributed by atoms with Crippen LogP contribution in [0.25, 0.3) is 76.5 Å². The fourth-order valence-corrected chi connectivity index (χ4v) is 13.4. The zero-order chi connectivity index (χ0) is 53.1. The molecule has 0 bridgehead atoms. The van der Waals surface area contributed by atoms with Crippen LogP contribution < -0.4 is 35.7 Å². The standard InChI is InChI=1S/C74H47BN4O2/c1-5-22-48(23-6-1)76(52-40-42-58-54-30-17-19-36-62(54)78(64(58)44-52)50-26-9-3-10-27-50)66-46-70-72(60-34-15-13-32-56(60)66)75-73-61-35-16-14-33-57(61)67(47-71(73)81-69-39-21-38-68(80-70)74(69)75)77(49-24-7-2-8-25-49)53-41-43-59-55-31-18-20-37-63(55)79(65(59)45-53)51-28-11-4-12-29-51/h1-47H. The van der Waals surface area contributed by atoms with Crippen molar-refractivity contribution in [2.24, 2.45) is 0 Å². The molecule has 7 heteroatoms. The highest BCUT2D eigenvalue weighted by molar-refractivity contribution is 7.01. The van der Waals surface area contributed by atoms with Crippen molar-refractivity contribution >= 4 is 122 Å². The summed E-state index contributed by atoms with van der Waals surface area (Å²) in [5.41, 5.74) is 16.3. The van der Waals surface area contributed by atoms with Gasteiger partial charge in [-0.3, -0.25) is 0 Å². The SMILES string of the molecule is c1ccc(N(c2ccc3c4ccccc4n(-c4ccccc4)c3c2)c2cc3c(c4ccccc24)B2c4c(cccc4Oc4cc(N(c5ccccc5)c5ccc6c7ccccc7n(-c7ccccc7)c6c5)c5ccccc5c42)O3)cc1. The fraction of sp³-hybridized carbons (Fsp3) is 0. The number of anilines is 6. The van der Waals surface area contributed by atoms with Crippen LogP contribution in [0.3, 0.4) is 0 Å². The van der Waals surface area contributed by atoms with Crippen molar-refractivity contribution in [2.75, 3.05) is 9.80 Å². The fourth-order valence-electron chi connectivity index (χ4n) is 13.4. The average Bonchev–Trinajstić information content (AvgIpc) is 4.24. The summed E-state index contributed by atoms with van der Waals surface area (Å²) in [7, 11) is 0. The van der Waals surface area contributed by atoms with Gasteiger partial charge in [0, 0.05) is 84.0 Å². The lowest BCUT2D eigenvalue weighted by Crippen LogP contribution is -2.58. The van der Waals surface area contributed by atoms with E-state index in [4.69, 9.17) is 9.47 Å². The summed E-state index contributed by atoms with van der Waals surface area (Å²) in [4.78, 5) is 4.80. The van der Waals surface area contributed by atoms with Gasteiger partial charge >= 0.3 is 0 Å². The van der Waals surface area contributed by atoms with Crippen LogP contribution in [0.15, 0.2) is 285 Å². The Kier molecular flexibility index (Phi) is 10.0. The van der Waals surface area contributed by atoms with E-state index in [0.717, 1.165) is 117 Å². The topological polar surface area (TPSA) is 34.8 Å². The van der Waals surface area contributed by atoms with Gasteiger partial charge < -0.3 is 28.4 Å². The minimum atomic E-state index is -0.229. The van der Waals surface area contributed by atoms with E-state index in [1.165, 1.54) is 32.6 Å². The Morgan fingerprint density at radius 3 is 1.04 bits per heavy atom. The van der Waals surface area contributed by atoms with Crippen LogP contribution >= 0.6 is 0 Å². The maximum Gasteiger partial charge on any atom is 0.262 e. The molecule has 0 unspecified atom stereocenters. The Labute approximate surface area is 467 Å². The first-order valence-corrected chi connectivity index (χ1v) is 27.7. The number of benzene rings is 13. The van der Waals surface area contributed by atoms with Crippen LogP contribution in [0.2, 0.25) is 0 Å². The molecule has 2 aliphatic heterocycles. The lowest BCUT2D eigenvalue weighted by molar-refractivity contribution is 0.465. The lowest BCUT2D eigenvalue weighted by atomic mass is 9.33. The number of hydrogen-bond donors (Lipinski definition) is 0. The highest BCUT2D eigenvalue weighted by Gasteiger charge is 2.43. The van der Waals surface area contributed by atoms with Crippen molar-refractivity contribution in [3.63, 3.8) is 0 Å². The number of fused-ring (bicyclic) bond motifs is 14. The molecule has 0 spiro atoms. The number of ether oxygens (including phenoxy) is 2. The quantitative estimate of drug-likeness (QED) is 0.142. The van der Waals surface area contributed by atoms with Crippen molar-refractivity contribution in [1.29, 1.82) is 0 Å². The molecule has 2 aromatic heterocycles. The zero-order valence-corrected chi connectivity index (χ0v) is 43.8. The Morgan fingerprint density at radius 1 is 0.247 bits per heavy atom. The molecule has 0 aliphatic carbocycles. The van der Waals surface area contributed by atoms with Gasteiger partial charge in [-0.25, -0.2) is 0 Å². The summed E-state index contributed by atoms with van der Waals surface area (Å²) in [6.45, 7) is -0.229. The minimum absolute atomic E-state index is 0.229. The second-order valence-corrected chi connectivity index (χ2v) is 21.1. The maximum atomic E-state index is 7.26. The average molecular weight is 1040 g/mol. The molecule has 13 aromatic carbocycles. The molecule has 0 fully saturated rings. The van der Waals surface area contributed by atoms with Gasteiger partial charge in [0.25, 0.3) is 6.71 Å². The van der Waals surface area contributed by atoms with E-state index in [-0.39, 0.29) is 6.71 Å². The second-order valence-electron chi connectivity index (χ2n) is 21.1. The molecule has 4 heterocycles. The van der Waals surface area contributed by atoms with Gasteiger partial charge in [-0.15, -0.1) is 0 Å². The smallest absolute Gasteiger partial charge is 0.262 e. The van der Waals surface area contributed by atoms with E-state index in [1.54, 1.807) is 0 Å². The molecular formula is C74H47BN4O2. The number of aromatic nitrogens is 2. The molecule has 0 radical (unpaired) electrons. The molecule has 6 nitrogen and oxygen atoms in total. The van der Waals surface area contributed by atoms with E-state index in [1.807, 2.05) is 0 Å². The predicted octanol–water partition coefficient (Wildman–Crippen LogP) is 17.9. The van der Waals surface area contributed by atoms with Crippen molar-refractivity contribution in [3.8, 4) is 34.4 Å². The van der Waals surface area contributed by atoms with E-state index in [0.29, 0.717) is 0 Å². The third-order valence-electron chi connectivity index (χ3n) is 16.8. The molecule has 17 rings (SSSR count). The van der Waals surface area contributed by atoms with Gasteiger partial charge in [-0.1, -0.05) is 176 Å². The zero-order valence-electron chi connectivity index (χ0n) is 43.8. The summed E-state index contributed by atoms with van der Waals surface area (Å²) in [6, 6.07) is 103. The van der Waals surface area contributed by atoms with Gasteiger partial charge in [0.1, 0.15) is 23.0 Å². The van der Waals surface area contributed by atoms with Gasteiger partial charge in [0.05, 0.1) is 33.4 Å². The molecule has 81 heavy (non-hydrogen) atoms. The van der Waals surface area contributed by atoms with Crippen molar-refractivity contribution < 1.29 is 9.47 Å². The maximum absolute atomic E-state index is 7.26. The van der Waals surface area contributed by atoms with Gasteiger partial charge in [-0.2, -0.15) is 0 Å². The summed E-state index contributed by atoms with van der Waals surface area (Å²) < 4.78 is 19.3. The Balaban J connectivity index is 0.883. The third kappa shape index (κ3) is 6.89. The summed E-state index contributed by atoms with van der Waals surface area (Å²) in [5, 5.41) is 9.29. The number of rotatable bonds is 8. The highest BCUT2D eigenvalue weighted by Crippen LogP contribution is 2.49. The van der Waals surface area contributed by atoms with Gasteiger partial charge in [0.2, 0.25) is 0 Å². The molecule has 2 aliphatic rings. The highest BCUT2D eigenvalue weighted by atomic mass is 16.5. The first-order valence-electron chi connectivity index (χ1n) is 27.7. The summed E-state index contributed by atoms with van der Waals surface area (Å²) in [5.74, 6) is 3.21. The van der Waals surface area contributed by atoms with Gasteiger partial charge in [-0.05, 0) is 119 Å². The van der Waals surface area contributed by atoms with E-state index in [2.05, 4.69) is 304 Å². The Morgan fingerprint density at radius 2 is 0.605 bits per heavy atom. The first-order chi connectivity index (χ1) is 40.2. The van der Waals surface area contributed by atoms with Crippen LogP contribution in [-0.4, -0.2) is 15.8 Å². The molecule has 15 aromatic rings. The van der Waals surface area contributed by atoms with Crippen LogP contribution in [0.1, 0.15) is 0 Å². The number of para-hydroxylation sites is 6. The minimum Gasteiger partial charge on any atom is -0.458 e. The predicted molar refractivity (Wildman–Crippen MR) is 337 cm³/mol. The van der Waals surface area contributed by atoms with Crippen LogP contribution in [0.4, 0.5) is 34.1 Å². The lowest BCUT2D eigenvalue weighted by Gasteiger charge is -2.37. The molecule has 0 atom stereocenters. The van der Waals surface area contributed by atoms with Crippen LogP contribution in [0.5, 0.6) is 23.0 Å². The Hall–Kier alpha value is -10.8. The molecule has 0 saturated heterocycles. The molecule has 0 amide bonds. The van der Waals surface area contributed by atoms with Gasteiger partial charge in [0.15, 0.2) is 0 Å². The molecule has 378 valence electrons. The van der Waals surface area contributed by atoms with Crippen molar-refractivity contribution in [1.82, 2.24) is 9.13 Å². The normalized spacial score (nSPS) is 12.4. The monoisotopic (exact) mass is 1030 g/mol. The molecule has 0 saturated carbocycles. The number of nitrogens with zero attached hydrogens (tertiary/aromatic N) is 4. The molecular weight excluding hydrogens is 988 g/mol.